The van der Waals surface area contributed by atoms with E-state index in [-0.39, 0.29) is 17.7 Å². The van der Waals surface area contributed by atoms with Crippen LogP contribution in [0.4, 0.5) is 11.4 Å². The number of benzene rings is 2. The van der Waals surface area contributed by atoms with Crippen molar-refractivity contribution in [1.82, 2.24) is 0 Å². The highest BCUT2D eigenvalue weighted by Crippen LogP contribution is 2.32. The van der Waals surface area contributed by atoms with Crippen LogP contribution in [0.5, 0.6) is 0 Å². The van der Waals surface area contributed by atoms with E-state index in [0.717, 1.165) is 5.56 Å². The summed E-state index contributed by atoms with van der Waals surface area (Å²) < 4.78 is 0. The lowest BCUT2D eigenvalue weighted by atomic mass is 9.85. The van der Waals surface area contributed by atoms with E-state index in [1.54, 1.807) is 36.4 Å². The second-order valence-corrected chi connectivity index (χ2v) is 7.03. The zero-order valence-electron chi connectivity index (χ0n) is 14.9. The summed E-state index contributed by atoms with van der Waals surface area (Å²) in [5.74, 6) is -0.885. The summed E-state index contributed by atoms with van der Waals surface area (Å²) in [5.41, 5.74) is 6.67. The maximum atomic E-state index is 12.4. The van der Waals surface area contributed by atoms with Gasteiger partial charge in [0.05, 0.1) is 11.3 Å². The van der Waals surface area contributed by atoms with Gasteiger partial charge in [0, 0.05) is 22.9 Å². The molecule has 0 radical (unpaired) electrons. The third-order valence-corrected chi connectivity index (χ3v) is 3.85. The van der Waals surface area contributed by atoms with Crippen LogP contribution in [0.3, 0.4) is 0 Å². The number of nitrogens with one attached hydrogen (secondary N) is 1. The number of nitrogens with zero attached hydrogens (tertiary/aromatic N) is 1. The van der Waals surface area contributed by atoms with E-state index in [9.17, 15) is 19.7 Å². The quantitative estimate of drug-likeness (QED) is 0.633. The predicted molar refractivity (Wildman–Crippen MR) is 99.1 cm³/mol. The zero-order valence-corrected chi connectivity index (χ0v) is 14.9. The summed E-state index contributed by atoms with van der Waals surface area (Å²) in [6.45, 7) is 5.63. The molecule has 2 amide bonds. The number of primary amides is 1. The fourth-order valence-electron chi connectivity index (χ4n) is 2.57. The average Bonchev–Trinajstić information content (AvgIpc) is 2.54. The largest absolute Gasteiger partial charge is 0.369 e. The fourth-order valence-corrected chi connectivity index (χ4v) is 2.57. The van der Waals surface area contributed by atoms with Crippen molar-refractivity contribution >= 4 is 23.2 Å². The molecular formula is C19H21N3O4. The minimum atomic E-state index is -0.476. The number of anilines is 1. The number of nitrogens with two attached hydrogens (primary N) is 1. The Labute approximate surface area is 151 Å². The molecule has 0 saturated heterocycles. The summed E-state index contributed by atoms with van der Waals surface area (Å²) in [4.78, 5) is 34.2. The molecule has 0 aromatic heterocycles. The van der Waals surface area contributed by atoms with E-state index in [1.165, 1.54) is 6.07 Å². The van der Waals surface area contributed by atoms with Crippen LogP contribution in [-0.2, 0) is 16.6 Å². The van der Waals surface area contributed by atoms with Gasteiger partial charge in [0.1, 0.15) is 0 Å². The molecule has 0 bridgehead atoms. The minimum Gasteiger partial charge on any atom is -0.369 e. The molecule has 0 aliphatic heterocycles. The number of carbonyl (C=O) groups excluding carboxylic acids is 2. The lowest BCUT2D eigenvalue weighted by molar-refractivity contribution is -0.386. The molecule has 2 rings (SSSR count). The Morgan fingerprint density at radius 2 is 1.73 bits per heavy atom. The number of hydrogen-bond donors (Lipinski definition) is 2. The Morgan fingerprint density at radius 1 is 1.12 bits per heavy atom. The molecule has 2 aromatic rings. The molecule has 0 unspecified atom stereocenters. The highest BCUT2D eigenvalue weighted by atomic mass is 16.6. The molecule has 0 aliphatic rings. The molecule has 2 aromatic carbocycles. The van der Waals surface area contributed by atoms with E-state index in [0.29, 0.717) is 11.3 Å². The second-order valence-electron chi connectivity index (χ2n) is 7.03. The van der Waals surface area contributed by atoms with Crippen LogP contribution >= 0.6 is 0 Å². The fraction of sp³-hybridized carbons (Fsp3) is 0.263. The molecule has 0 fully saturated rings. The SMILES string of the molecule is CC(C)(C)c1ccc(C(=O)Nc2ccc(CC(N)=O)cc2)cc1[N+](=O)[O-]. The van der Waals surface area contributed by atoms with Gasteiger partial charge >= 0.3 is 0 Å². The lowest BCUT2D eigenvalue weighted by Gasteiger charge is -2.19. The van der Waals surface area contributed by atoms with Gasteiger partial charge in [0.25, 0.3) is 11.6 Å². The standard InChI is InChI=1S/C19H21N3O4/c1-19(2,3)15-9-6-13(11-16(15)22(25)26)18(24)21-14-7-4-12(5-8-14)10-17(20)23/h4-9,11H,10H2,1-3H3,(H2,20,23)(H,21,24). The summed E-state index contributed by atoms with van der Waals surface area (Å²) in [5, 5.41) is 14.0. The summed E-state index contributed by atoms with van der Waals surface area (Å²) in [6, 6.07) is 11.1. The normalized spacial score (nSPS) is 11.0. The third-order valence-electron chi connectivity index (χ3n) is 3.85. The molecular weight excluding hydrogens is 334 g/mol. The molecule has 3 N–H and O–H groups in total. The Kier molecular flexibility index (Phi) is 5.40. The second kappa shape index (κ2) is 7.35. The Hall–Kier alpha value is -3.22. The van der Waals surface area contributed by atoms with Gasteiger partial charge < -0.3 is 11.1 Å². The molecule has 0 heterocycles. The van der Waals surface area contributed by atoms with E-state index in [4.69, 9.17) is 5.73 Å². The number of hydrogen-bond acceptors (Lipinski definition) is 4. The van der Waals surface area contributed by atoms with Crippen molar-refractivity contribution in [2.75, 3.05) is 5.32 Å². The van der Waals surface area contributed by atoms with E-state index in [1.807, 2.05) is 20.8 Å². The van der Waals surface area contributed by atoms with Crippen molar-refractivity contribution < 1.29 is 14.5 Å². The van der Waals surface area contributed by atoms with Crippen LogP contribution in [0.1, 0.15) is 42.3 Å². The number of carbonyl (C=O) groups is 2. The summed E-state index contributed by atoms with van der Waals surface area (Å²) in [7, 11) is 0. The Morgan fingerprint density at radius 3 is 2.23 bits per heavy atom. The maximum Gasteiger partial charge on any atom is 0.273 e. The molecule has 0 aliphatic carbocycles. The van der Waals surface area contributed by atoms with E-state index < -0.39 is 22.2 Å². The van der Waals surface area contributed by atoms with Gasteiger partial charge in [0.2, 0.25) is 5.91 Å². The van der Waals surface area contributed by atoms with Crippen LogP contribution < -0.4 is 11.1 Å². The van der Waals surface area contributed by atoms with Crippen molar-refractivity contribution in [3.05, 3.63) is 69.3 Å². The van der Waals surface area contributed by atoms with Crippen LogP contribution in [-0.4, -0.2) is 16.7 Å². The predicted octanol–water partition coefficient (Wildman–Crippen LogP) is 3.17. The van der Waals surface area contributed by atoms with Gasteiger partial charge in [-0.15, -0.1) is 0 Å². The van der Waals surface area contributed by atoms with Crippen LogP contribution in [0, 0.1) is 10.1 Å². The first kappa shape index (κ1) is 19.1. The van der Waals surface area contributed by atoms with Crippen molar-refractivity contribution in [2.24, 2.45) is 5.73 Å². The molecule has 0 atom stereocenters. The Balaban J connectivity index is 2.23. The van der Waals surface area contributed by atoms with Gasteiger partial charge in [-0.05, 0) is 29.2 Å². The molecule has 7 heteroatoms. The number of amides is 2. The number of rotatable bonds is 5. The smallest absolute Gasteiger partial charge is 0.273 e. The number of nitro groups is 1. The molecule has 0 saturated carbocycles. The molecule has 136 valence electrons. The maximum absolute atomic E-state index is 12.4. The van der Waals surface area contributed by atoms with Crippen LogP contribution in [0.2, 0.25) is 0 Å². The third kappa shape index (κ3) is 4.66. The molecule has 0 spiro atoms. The molecule has 26 heavy (non-hydrogen) atoms. The topological polar surface area (TPSA) is 115 Å². The average molecular weight is 355 g/mol. The van der Waals surface area contributed by atoms with Crippen molar-refractivity contribution in [2.45, 2.75) is 32.6 Å². The highest BCUT2D eigenvalue weighted by molar-refractivity contribution is 6.04. The van der Waals surface area contributed by atoms with Crippen LogP contribution in [0.25, 0.3) is 0 Å². The first-order valence-corrected chi connectivity index (χ1v) is 8.05. The van der Waals surface area contributed by atoms with E-state index in [2.05, 4.69) is 5.32 Å². The van der Waals surface area contributed by atoms with Gasteiger partial charge in [-0.3, -0.25) is 19.7 Å². The summed E-state index contributed by atoms with van der Waals surface area (Å²) in [6.07, 6.45) is 0.120. The first-order valence-electron chi connectivity index (χ1n) is 8.05. The van der Waals surface area contributed by atoms with E-state index >= 15 is 0 Å². The first-order chi connectivity index (χ1) is 12.1. The van der Waals surface area contributed by atoms with Crippen molar-refractivity contribution in [1.29, 1.82) is 0 Å². The lowest BCUT2D eigenvalue weighted by Crippen LogP contribution is -2.17. The van der Waals surface area contributed by atoms with Gasteiger partial charge in [-0.25, -0.2) is 0 Å². The van der Waals surface area contributed by atoms with Gasteiger partial charge in [0.15, 0.2) is 0 Å². The van der Waals surface area contributed by atoms with Gasteiger partial charge in [-0.1, -0.05) is 39.0 Å². The summed E-state index contributed by atoms with van der Waals surface area (Å²) >= 11 is 0. The molecule has 7 nitrogen and oxygen atoms in total. The van der Waals surface area contributed by atoms with Gasteiger partial charge in [-0.2, -0.15) is 0 Å². The van der Waals surface area contributed by atoms with Crippen molar-refractivity contribution in [3.8, 4) is 0 Å². The van der Waals surface area contributed by atoms with Crippen LogP contribution in [0.15, 0.2) is 42.5 Å². The van der Waals surface area contributed by atoms with Crippen molar-refractivity contribution in [3.63, 3.8) is 0 Å². The zero-order chi connectivity index (χ0) is 19.5. The monoisotopic (exact) mass is 355 g/mol. The Bertz CT molecular complexity index is 852. The number of nitro benzene ring substituents is 1. The minimum absolute atomic E-state index is 0.0815. The highest BCUT2D eigenvalue weighted by Gasteiger charge is 2.26.